The molecule has 0 radical (unpaired) electrons. The monoisotopic (exact) mass is 258 g/mol. The first-order valence-electron chi connectivity index (χ1n) is 7.78. The number of hydrogen-bond acceptors (Lipinski definition) is 2. The average Bonchev–Trinajstić information content (AvgIpc) is 3.25. The Morgan fingerprint density at radius 1 is 1.21 bits per heavy atom. The molecule has 2 heteroatoms. The van der Waals surface area contributed by atoms with Crippen molar-refractivity contribution in [2.45, 2.75) is 45.2 Å². The standard InChI is InChI=1S/C17H26N2/c1-13-4-6-15(7-5-13)14(2)19-11-3-10-18-17(12-19)16-8-9-16/h4-7,14,16-18H,3,8-12H2,1-2H3. The van der Waals surface area contributed by atoms with Gasteiger partial charge in [-0.2, -0.15) is 0 Å². The van der Waals surface area contributed by atoms with Gasteiger partial charge in [0.15, 0.2) is 0 Å². The zero-order valence-corrected chi connectivity index (χ0v) is 12.2. The smallest absolute Gasteiger partial charge is 0.0320 e. The van der Waals surface area contributed by atoms with E-state index in [0.29, 0.717) is 6.04 Å². The lowest BCUT2D eigenvalue weighted by atomic mass is 10.0. The van der Waals surface area contributed by atoms with Crippen LogP contribution in [0.2, 0.25) is 0 Å². The largest absolute Gasteiger partial charge is 0.312 e. The molecule has 2 nitrogen and oxygen atoms in total. The number of nitrogens with one attached hydrogen (secondary N) is 1. The quantitative estimate of drug-likeness (QED) is 0.896. The first-order valence-corrected chi connectivity index (χ1v) is 7.78. The van der Waals surface area contributed by atoms with Crippen molar-refractivity contribution in [3.63, 3.8) is 0 Å². The van der Waals surface area contributed by atoms with Crippen molar-refractivity contribution in [2.24, 2.45) is 5.92 Å². The highest BCUT2D eigenvalue weighted by atomic mass is 15.2. The first-order chi connectivity index (χ1) is 9.24. The van der Waals surface area contributed by atoms with Gasteiger partial charge in [0.2, 0.25) is 0 Å². The molecule has 0 aromatic heterocycles. The molecule has 1 aliphatic carbocycles. The second-order valence-electron chi connectivity index (χ2n) is 6.33. The molecule has 2 fully saturated rings. The minimum absolute atomic E-state index is 0.543. The summed E-state index contributed by atoms with van der Waals surface area (Å²) in [6.07, 6.45) is 4.15. The number of rotatable bonds is 3. The van der Waals surface area contributed by atoms with Crippen molar-refractivity contribution >= 4 is 0 Å². The van der Waals surface area contributed by atoms with E-state index in [1.807, 2.05) is 0 Å². The van der Waals surface area contributed by atoms with Gasteiger partial charge in [0.25, 0.3) is 0 Å². The molecule has 2 unspecified atom stereocenters. The highest BCUT2D eigenvalue weighted by Crippen LogP contribution is 2.34. The third-order valence-electron chi connectivity index (χ3n) is 4.76. The van der Waals surface area contributed by atoms with Crippen molar-refractivity contribution in [2.75, 3.05) is 19.6 Å². The average molecular weight is 258 g/mol. The molecule has 2 aliphatic rings. The van der Waals surface area contributed by atoms with Gasteiger partial charge in [-0.15, -0.1) is 0 Å². The molecule has 0 spiro atoms. The fraction of sp³-hybridized carbons (Fsp3) is 0.647. The van der Waals surface area contributed by atoms with Gasteiger partial charge in [-0.3, -0.25) is 4.90 Å². The highest BCUT2D eigenvalue weighted by Gasteiger charge is 2.34. The van der Waals surface area contributed by atoms with E-state index < -0.39 is 0 Å². The predicted molar refractivity (Wildman–Crippen MR) is 80.3 cm³/mol. The molecule has 1 N–H and O–H groups in total. The van der Waals surface area contributed by atoms with Gasteiger partial charge < -0.3 is 5.32 Å². The predicted octanol–water partition coefficient (Wildman–Crippen LogP) is 3.13. The van der Waals surface area contributed by atoms with Crippen LogP contribution in [0.3, 0.4) is 0 Å². The van der Waals surface area contributed by atoms with Crippen LogP contribution in [0, 0.1) is 12.8 Å². The zero-order chi connectivity index (χ0) is 13.2. The van der Waals surface area contributed by atoms with Crippen molar-refractivity contribution < 1.29 is 0 Å². The van der Waals surface area contributed by atoms with Crippen LogP contribution in [0.25, 0.3) is 0 Å². The van der Waals surface area contributed by atoms with Crippen LogP contribution in [0.5, 0.6) is 0 Å². The molecule has 104 valence electrons. The molecule has 1 saturated heterocycles. The summed E-state index contributed by atoms with van der Waals surface area (Å²) in [6, 6.07) is 10.3. The lowest BCUT2D eigenvalue weighted by molar-refractivity contribution is 0.200. The summed E-state index contributed by atoms with van der Waals surface area (Å²) in [5, 5.41) is 3.75. The van der Waals surface area contributed by atoms with E-state index in [1.165, 1.54) is 50.0 Å². The molecule has 1 aliphatic heterocycles. The summed E-state index contributed by atoms with van der Waals surface area (Å²) in [5.41, 5.74) is 2.81. The summed E-state index contributed by atoms with van der Waals surface area (Å²) < 4.78 is 0. The number of hydrogen-bond donors (Lipinski definition) is 1. The van der Waals surface area contributed by atoms with E-state index in [0.717, 1.165) is 12.0 Å². The molecule has 1 aromatic carbocycles. The van der Waals surface area contributed by atoms with Crippen LogP contribution < -0.4 is 5.32 Å². The first kappa shape index (κ1) is 13.1. The Hall–Kier alpha value is -0.860. The SMILES string of the molecule is Cc1ccc(C(C)N2CCCNC(C3CC3)C2)cc1. The molecule has 2 atom stereocenters. The van der Waals surface area contributed by atoms with Crippen molar-refractivity contribution in [3.05, 3.63) is 35.4 Å². The summed E-state index contributed by atoms with van der Waals surface area (Å²) in [5.74, 6) is 0.950. The number of nitrogens with zero attached hydrogens (tertiary/aromatic N) is 1. The molecular weight excluding hydrogens is 232 g/mol. The summed E-state index contributed by atoms with van der Waals surface area (Å²) in [7, 11) is 0. The molecule has 0 amide bonds. The number of aryl methyl sites for hydroxylation is 1. The van der Waals surface area contributed by atoms with E-state index >= 15 is 0 Å². The molecule has 1 saturated carbocycles. The molecular formula is C17H26N2. The zero-order valence-electron chi connectivity index (χ0n) is 12.2. The Morgan fingerprint density at radius 2 is 1.95 bits per heavy atom. The van der Waals surface area contributed by atoms with Gasteiger partial charge in [0.1, 0.15) is 0 Å². The Kier molecular flexibility index (Phi) is 3.90. The van der Waals surface area contributed by atoms with Crippen molar-refractivity contribution in [1.29, 1.82) is 0 Å². The molecule has 3 rings (SSSR count). The van der Waals surface area contributed by atoms with Crippen LogP contribution in [-0.4, -0.2) is 30.6 Å². The van der Waals surface area contributed by atoms with Crippen LogP contribution in [0.1, 0.15) is 43.4 Å². The fourth-order valence-electron chi connectivity index (χ4n) is 3.20. The second kappa shape index (κ2) is 5.64. The van der Waals surface area contributed by atoms with Crippen molar-refractivity contribution in [1.82, 2.24) is 10.2 Å². The van der Waals surface area contributed by atoms with Crippen LogP contribution >= 0.6 is 0 Å². The maximum atomic E-state index is 3.75. The van der Waals surface area contributed by atoms with Gasteiger partial charge in [-0.1, -0.05) is 29.8 Å². The van der Waals surface area contributed by atoms with Gasteiger partial charge >= 0.3 is 0 Å². The van der Waals surface area contributed by atoms with E-state index in [1.54, 1.807) is 0 Å². The van der Waals surface area contributed by atoms with Crippen molar-refractivity contribution in [3.8, 4) is 0 Å². The lowest BCUT2D eigenvalue weighted by Gasteiger charge is -2.30. The normalized spacial score (nSPS) is 26.9. The molecule has 1 heterocycles. The Bertz CT molecular complexity index is 408. The third kappa shape index (κ3) is 3.18. The highest BCUT2D eigenvalue weighted by molar-refractivity contribution is 5.23. The van der Waals surface area contributed by atoms with E-state index in [9.17, 15) is 0 Å². The van der Waals surface area contributed by atoms with E-state index in [4.69, 9.17) is 0 Å². The maximum Gasteiger partial charge on any atom is 0.0320 e. The Labute approximate surface area is 117 Å². The number of benzene rings is 1. The summed E-state index contributed by atoms with van der Waals surface area (Å²) in [6.45, 7) is 8.16. The van der Waals surface area contributed by atoms with Crippen LogP contribution in [0.15, 0.2) is 24.3 Å². The van der Waals surface area contributed by atoms with Crippen LogP contribution in [-0.2, 0) is 0 Å². The fourth-order valence-corrected chi connectivity index (χ4v) is 3.20. The topological polar surface area (TPSA) is 15.3 Å². The Balaban J connectivity index is 1.70. The van der Waals surface area contributed by atoms with E-state index in [-0.39, 0.29) is 0 Å². The maximum absolute atomic E-state index is 3.75. The Morgan fingerprint density at radius 3 is 2.63 bits per heavy atom. The minimum atomic E-state index is 0.543. The van der Waals surface area contributed by atoms with Gasteiger partial charge in [0.05, 0.1) is 0 Å². The summed E-state index contributed by atoms with van der Waals surface area (Å²) >= 11 is 0. The van der Waals surface area contributed by atoms with Gasteiger partial charge in [0, 0.05) is 25.2 Å². The third-order valence-corrected chi connectivity index (χ3v) is 4.76. The molecule has 19 heavy (non-hydrogen) atoms. The molecule has 1 aromatic rings. The van der Waals surface area contributed by atoms with Crippen LogP contribution in [0.4, 0.5) is 0 Å². The lowest BCUT2D eigenvalue weighted by Crippen LogP contribution is -2.40. The molecule has 0 bridgehead atoms. The summed E-state index contributed by atoms with van der Waals surface area (Å²) in [4.78, 5) is 2.67. The van der Waals surface area contributed by atoms with Gasteiger partial charge in [-0.05, 0) is 51.1 Å². The second-order valence-corrected chi connectivity index (χ2v) is 6.33. The van der Waals surface area contributed by atoms with E-state index in [2.05, 4.69) is 48.3 Å². The minimum Gasteiger partial charge on any atom is -0.312 e. The van der Waals surface area contributed by atoms with Gasteiger partial charge in [-0.25, -0.2) is 0 Å².